The van der Waals surface area contributed by atoms with E-state index in [0.29, 0.717) is 29.5 Å². The zero-order chi connectivity index (χ0) is 14.4. The molecule has 5 heteroatoms. The van der Waals surface area contributed by atoms with Crippen LogP contribution < -0.4 is 10.1 Å². The monoisotopic (exact) mass is 353 g/mol. The van der Waals surface area contributed by atoms with Gasteiger partial charge < -0.3 is 10.1 Å². The van der Waals surface area contributed by atoms with Gasteiger partial charge in [-0.05, 0) is 40.2 Å². The Hall–Kier alpha value is -1.52. The number of nitrogens with one attached hydrogen (secondary N) is 1. The molecule has 0 aromatic heterocycles. The summed E-state index contributed by atoms with van der Waals surface area (Å²) in [5, 5.41) is 3.35. The van der Waals surface area contributed by atoms with Crippen LogP contribution in [-0.2, 0) is 0 Å². The van der Waals surface area contributed by atoms with E-state index >= 15 is 0 Å². The first-order chi connectivity index (χ1) is 9.68. The number of benzene rings is 2. The van der Waals surface area contributed by atoms with Crippen LogP contribution in [0, 0.1) is 0 Å². The minimum absolute atomic E-state index is 0.139. The first kappa shape index (κ1) is 14.9. The van der Waals surface area contributed by atoms with Gasteiger partial charge in [-0.15, -0.1) is 0 Å². The lowest BCUT2D eigenvalue weighted by molar-refractivity contribution is 0.0946. The van der Waals surface area contributed by atoms with Gasteiger partial charge in [0.25, 0.3) is 5.91 Å². The van der Waals surface area contributed by atoms with Gasteiger partial charge in [-0.1, -0.05) is 35.9 Å². The maximum atomic E-state index is 11.9. The standard InChI is InChI=1S/C15H13BrClNO2/c16-12-6-2-1-5-11(12)15(19)18-9-10-20-14-8-4-3-7-13(14)17/h1-8H,9-10H2,(H,18,19). The summed E-state index contributed by atoms with van der Waals surface area (Å²) in [6.45, 7) is 0.769. The largest absolute Gasteiger partial charge is 0.490 e. The Labute approximate surface area is 131 Å². The van der Waals surface area contributed by atoms with Crippen molar-refractivity contribution in [2.45, 2.75) is 0 Å². The van der Waals surface area contributed by atoms with Gasteiger partial charge in [0.15, 0.2) is 0 Å². The number of ether oxygens (including phenoxy) is 1. The van der Waals surface area contributed by atoms with E-state index in [1.165, 1.54) is 0 Å². The van der Waals surface area contributed by atoms with Crippen LogP contribution in [0.15, 0.2) is 53.0 Å². The number of hydrogen-bond acceptors (Lipinski definition) is 2. The number of amides is 1. The number of para-hydroxylation sites is 1. The van der Waals surface area contributed by atoms with E-state index in [9.17, 15) is 4.79 Å². The van der Waals surface area contributed by atoms with Gasteiger partial charge in [0.1, 0.15) is 12.4 Å². The van der Waals surface area contributed by atoms with Crippen molar-refractivity contribution in [3.8, 4) is 5.75 Å². The van der Waals surface area contributed by atoms with Crippen molar-refractivity contribution in [2.24, 2.45) is 0 Å². The van der Waals surface area contributed by atoms with Crippen LogP contribution in [0.4, 0.5) is 0 Å². The fraction of sp³-hybridized carbons (Fsp3) is 0.133. The fourth-order valence-electron chi connectivity index (χ4n) is 1.63. The van der Waals surface area contributed by atoms with E-state index in [1.807, 2.05) is 30.3 Å². The molecule has 0 fully saturated rings. The maximum absolute atomic E-state index is 11.9. The highest BCUT2D eigenvalue weighted by atomic mass is 79.9. The molecule has 0 atom stereocenters. The van der Waals surface area contributed by atoms with E-state index < -0.39 is 0 Å². The van der Waals surface area contributed by atoms with E-state index in [2.05, 4.69) is 21.2 Å². The molecule has 0 aliphatic carbocycles. The summed E-state index contributed by atoms with van der Waals surface area (Å²) in [5.41, 5.74) is 0.602. The lowest BCUT2D eigenvalue weighted by atomic mass is 10.2. The fourth-order valence-corrected chi connectivity index (χ4v) is 2.28. The Kier molecular flexibility index (Phi) is 5.44. The van der Waals surface area contributed by atoms with Crippen molar-refractivity contribution in [1.29, 1.82) is 0 Å². The lowest BCUT2D eigenvalue weighted by Crippen LogP contribution is -2.28. The van der Waals surface area contributed by atoms with Gasteiger partial charge >= 0.3 is 0 Å². The molecular formula is C15H13BrClNO2. The van der Waals surface area contributed by atoms with Crippen molar-refractivity contribution in [2.75, 3.05) is 13.2 Å². The second-order valence-corrected chi connectivity index (χ2v) is 5.28. The number of carbonyl (C=O) groups is 1. The summed E-state index contributed by atoms with van der Waals surface area (Å²) < 4.78 is 6.26. The first-order valence-electron chi connectivity index (χ1n) is 6.08. The molecule has 0 spiro atoms. The normalized spacial score (nSPS) is 10.1. The second kappa shape index (κ2) is 7.31. The smallest absolute Gasteiger partial charge is 0.252 e. The Morgan fingerprint density at radius 2 is 1.85 bits per heavy atom. The van der Waals surface area contributed by atoms with Gasteiger partial charge in [-0.3, -0.25) is 4.79 Å². The van der Waals surface area contributed by atoms with Gasteiger partial charge in [0.05, 0.1) is 17.1 Å². The van der Waals surface area contributed by atoms with E-state index in [1.54, 1.807) is 18.2 Å². The first-order valence-corrected chi connectivity index (χ1v) is 7.25. The quantitative estimate of drug-likeness (QED) is 0.827. The van der Waals surface area contributed by atoms with E-state index in [0.717, 1.165) is 4.47 Å². The number of rotatable bonds is 5. The molecule has 0 aliphatic heterocycles. The third kappa shape index (κ3) is 3.99. The third-order valence-electron chi connectivity index (χ3n) is 2.60. The van der Waals surface area contributed by atoms with Crippen LogP contribution in [0.1, 0.15) is 10.4 Å². The van der Waals surface area contributed by atoms with Crippen molar-refractivity contribution in [3.63, 3.8) is 0 Å². The average Bonchev–Trinajstić information content (AvgIpc) is 2.45. The zero-order valence-electron chi connectivity index (χ0n) is 10.6. The number of hydrogen-bond donors (Lipinski definition) is 1. The minimum Gasteiger partial charge on any atom is -0.490 e. The van der Waals surface area contributed by atoms with Gasteiger partial charge in [-0.25, -0.2) is 0 Å². The minimum atomic E-state index is -0.139. The van der Waals surface area contributed by atoms with Crippen LogP contribution in [0.2, 0.25) is 5.02 Å². The van der Waals surface area contributed by atoms with Gasteiger partial charge in [0.2, 0.25) is 0 Å². The summed E-state index contributed by atoms with van der Waals surface area (Å²) in [6, 6.07) is 14.5. The molecule has 0 radical (unpaired) electrons. The number of halogens is 2. The molecule has 104 valence electrons. The summed E-state index contributed by atoms with van der Waals surface area (Å²) in [7, 11) is 0. The van der Waals surface area contributed by atoms with Gasteiger partial charge in [-0.2, -0.15) is 0 Å². The highest BCUT2D eigenvalue weighted by Crippen LogP contribution is 2.22. The lowest BCUT2D eigenvalue weighted by Gasteiger charge is -2.09. The number of carbonyl (C=O) groups excluding carboxylic acids is 1. The second-order valence-electron chi connectivity index (χ2n) is 4.01. The summed E-state index contributed by atoms with van der Waals surface area (Å²) in [6.07, 6.45) is 0. The molecular weight excluding hydrogens is 342 g/mol. The predicted molar refractivity (Wildman–Crippen MR) is 83.4 cm³/mol. The Morgan fingerprint density at radius 1 is 1.15 bits per heavy atom. The highest BCUT2D eigenvalue weighted by Gasteiger charge is 2.08. The molecule has 3 nitrogen and oxygen atoms in total. The third-order valence-corrected chi connectivity index (χ3v) is 3.60. The SMILES string of the molecule is O=C(NCCOc1ccccc1Cl)c1ccccc1Br. The molecule has 1 amide bonds. The summed E-state index contributed by atoms with van der Waals surface area (Å²) in [5.74, 6) is 0.476. The average molecular weight is 355 g/mol. The van der Waals surface area contributed by atoms with E-state index in [-0.39, 0.29) is 5.91 Å². The molecule has 0 aliphatic rings. The topological polar surface area (TPSA) is 38.3 Å². The summed E-state index contributed by atoms with van der Waals surface area (Å²) >= 11 is 9.31. The molecule has 0 bridgehead atoms. The Morgan fingerprint density at radius 3 is 2.60 bits per heavy atom. The van der Waals surface area contributed by atoms with Crippen molar-refractivity contribution < 1.29 is 9.53 Å². The zero-order valence-corrected chi connectivity index (χ0v) is 12.9. The van der Waals surface area contributed by atoms with Crippen LogP contribution >= 0.6 is 27.5 Å². The molecule has 2 aromatic rings. The molecule has 20 heavy (non-hydrogen) atoms. The Balaban J connectivity index is 1.81. The predicted octanol–water partition coefficient (Wildman–Crippen LogP) is 3.91. The van der Waals surface area contributed by atoms with Crippen molar-refractivity contribution >= 4 is 33.4 Å². The summed E-state index contributed by atoms with van der Waals surface area (Å²) in [4.78, 5) is 11.9. The van der Waals surface area contributed by atoms with Crippen molar-refractivity contribution in [3.05, 3.63) is 63.6 Å². The van der Waals surface area contributed by atoms with Crippen LogP contribution in [-0.4, -0.2) is 19.1 Å². The van der Waals surface area contributed by atoms with Crippen LogP contribution in [0.5, 0.6) is 5.75 Å². The maximum Gasteiger partial charge on any atom is 0.252 e. The Bertz CT molecular complexity index is 604. The molecule has 2 rings (SSSR count). The van der Waals surface area contributed by atoms with Gasteiger partial charge in [0, 0.05) is 4.47 Å². The van der Waals surface area contributed by atoms with Crippen LogP contribution in [0.3, 0.4) is 0 Å². The van der Waals surface area contributed by atoms with E-state index in [4.69, 9.17) is 16.3 Å². The van der Waals surface area contributed by atoms with Crippen molar-refractivity contribution in [1.82, 2.24) is 5.32 Å². The molecule has 2 aromatic carbocycles. The molecule has 1 N–H and O–H groups in total. The molecule has 0 heterocycles. The molecule has 0 saturated heterocycles. The molecule has 0 unspecified atom stereocenters. The highest BCUT2D eigenvalue weighted by molar-refractivity contribution is 9.10. The molecule has 0 saturated carbocycles. The van der Waals surface area contributed by atoms with Crippen LogP contribution in [0.25, 0.3) is 0 Å².